The minimum absolute atomic E-state index is 0.0148. The number of hydrogen-bond acceptors (Lipinski definition) is 8. The number of H-pyrrole nitrogens is 2. The lowest BCUT2D eigenvalue weighted by Crippen LogP contribution is -2.39. The Morgan fingerprint density at radius 1 is 0.672 bits per heavy atom. The molecule has 2 aliphatic rings. The Balaban J connectivity index is 1.04. The molecule has 0 unspecified atom stereocenters. The summed E-state index contributed by atoms with van der Waals surface area (Å²) in [5.74, 6) is -1.47. The largest absolute Gasteiger partial charge is 0.469 e. The molecule has 8 rings (SSSR count). The highest BCUT2D eigenvalue weighted by Gasteiger charge is 2.39. The van der Waals surface area contributed by atoms with Crippen molar-refractivity contribution in [3.05, 3.63) is 132 Å². The summed E-state index contributed by atoms with van der Waals surface area (Å²) < 4.78 is 26.5. The molecule has 13 heteroatoms. The molecule has 0 saturated carbocycles. The van der Waals surface area contributed by atoms with Crippen LogP contribution in [0.5, 0.6) is 0 Å². The van der Waals surface area contributed by atoms with Crippen LogP contribution in [0.4, 0.5) is 4.39 Å². The van der Waals surface area contributed by atoms with E-state index in [4.69, 9.17) is 19.4 Å². The summed E-state index contributed by atoms with van der Waals surface area (Å²) in [6.07, 6.45) is 6.44. The molecule has 64 heavy (non-hydrogen) atoms. The summed E-state index contributed by atoms with van der Waals surface area (Å²) in [4.78, 5) is 72.4. The highest BCUT2D eigenvalue weighted by Crippen LogP contribution is 2.41. The van der Waals surface area contributed by atoms with Gasteiger partial charge in [-0.15, -0.1) is 0 Å². The van der Waals surface area contributed by atoms with Gasteiger partial charge in [-0.3, -0.25) is 19.2 Å². The summed E-state index contributed by atoms with van der Waals surface area (Å²) in [6.45, 7) is 4.97. The molecule has 4 heterocycles. The fourth-order valence-electron chi connectivity index (χ4n) is 9.22. The second-order valence-corrected chi connectivity index (χ2v) is 16.9. The van der Waals surface area contributed by atoms with E-state index in [9.17, 15) is 19.2 Å². The van der Waals surface area contributed by atoms with Gasteiger partial charge < -0.3 is 29.2 Å². The van der Waals surface area contributed by atoms with Crippen molar-refractivity contribution in [3.63, 3.8) is 0 Å². The van der Waals surface area contributed by atoms with Crippen LogP contribution < -0.4 is 0 Å². The van der Waals surface area contributed by atoms with Gasteiger partial charge in [-0.05, 0) is 71.6 Å². The van der Waals surface area contributed by atoms with E-state index in [1.165, 1.54) is 20.3 Å². The maximum atomic E-state index is 16.7. The van der Waals surface area contributed by atoms with Crippen molar-refractivity contribution in [2.75, 3.05) is 27.3 Å². The fraction of sp³-hybridized carbons (Fsp3) is 0.333. The molecule has 330 valence electrons. The number of nitrogens with zero attached hydrogens (tertiary/aromatic N) is 4. The smallest absolute Gasteiger partial charge is 0.306 e. The Morgan fingerprint density at radius 3 is 1.78 bits per heavy atom. The van der Waals surface area contributed by atoms with Crippen molar-refractivity contribution < 1.29 is 33.0 Å². The highest BCUT2D eigenvalue weighted by atomic mass is 19.1. The number of nitrogens with one attached hydrogen (secondary N) is 2. The number of imidazole rings is 2. The summed E-state index contributed by atoms with van der Waals surface area (Å²) in [5, 5.41) is 0. The zero-order valence-corrected chi connectivity index (χ0v) is 36.6. The van der Waals surface area contributed by atoms with Crippen LogP contribution in [0.25, 0.3) is 44.8 Å². The quantitative estimate of drug-likeness (QED) is 0.103. The van der Waals surface area contributed by atoms with Gasteiger partial charge in [-0.1, -0.05) is 98.8 Å². The minimum Gasteiger partial charge on any atom is -0.469 e. The topological polar surface area (TPSA) is 151 Å². The molecule has 0 spiro atoms. The molecule has 12 nitrogen and oxygen atoms in total. The van der Waals surface area contributed by atoms with Crippen LogP contribution in [0.2, 0.25) is 0 Å². The third-order valence-electron chi connectivity index (χ3n) is 12.7. The number of ether oxygens (including phenoxy) is 2. The predicted octanol–water partition coefficient (Wildman–Crippen LogP) is 9.45. The van der Waals surface area contributed by atoms with Crippen molar-refractivity contribution in [1.82, 2.24) is 29.7 Å². The molecule has 0 bridgehead atoms. The summed E-state index contributed by atoms with van der Waals surface area (Å²) in [5.41, 5.74) is 6.29. The van der Waals surface area contributed by atoms with E-state index >= 15 is 4.39 Å². The van der Waals surface area contributed by atoms with Gasteiger partial charge in [-0.2, -0.15) is 0 Å². The number of aromatic amines is 2. The molecular formula is C51H53FN6O6. The third-order valence-corrected chi connectivity index (χ3v) is 12.7. The van der Waals surface area contributed by atoms with E-state index in [-0.39, 0.29) is 42.7 Å². The number of benzene rings is 4. The van der Waals surface area contributed by atoms with Crippen LogP contribution >= 0.6 is 0 Å². The summed E-state index contributed by atoms with van der Waals surface area (Å²) in [7, 11) is 2.66. The van der Waals surface area contributed by atoms with Crippen LogP contribution in [0.1, 0.15) is 87.6 Å². The van der Waals surface area contributed by atoms with Gasteiger partial charge in [0, 0.05) is 24.2 Å². The number of amides is 2. The number of rotatable bonds is 14. The van der Waals surface area contributed by atoms with E-state index in [1.807, 2.05) is 115 Å². The average Bonchev–Trinajstić information content (AvgIpc) is 4.17. The zero-order chi connectivity index (χ0) is 44.9. The second kappa shape index (κ2) is 19.2. The Kier molecular flexibility index (Phi) is 13.2. The van der Waals surface area contributed by atoms with Gasteiger partial charge >= 0.3 is 11.9 Å². The van der Waals surface area contributed by atoms with Crippen LogP contribution in [-0.4, -0.2) is 80.8 Å². The van der Waals surface area contributed by atoms with Gasteiger partial charge in [0.1, 0.15) is 17.5 Å². The monoisotopic (exact) mass is 864 g/mol. The van der Waals surface area contributed by atoms with E-state index in [0.29, 0.717) is 59.1 Å². The standard InChI is InChI=1S/C51H53FN6O6/c1-31(2)37(27-45(59)63-3)50(61)57-23-11-17-43(57)49-54-30-42(56-49)36-25-38(32-13-7-5-8-14-32)47(40(52)26-36)35-21-19-34(20-22-35)41-29-53-48(55-41)44-18-12-24-58(44)51(62)39(28-46(60)64-4)33-15-9-6-10-16-33/h5-10,13-16,19-22,25-26,29-31,37,39,43-44H,11-12,17-18,23-24,27-28H2,1-4H3,(H,53,55)(H,54,56)/t37-,39+,43-,44-/m0/s1. The maximum Gasteiger partial charge on any atom is 0.306 e. The van der Waals surface area contributed by atoms with Gasteiger partial charge in [0.05, 0.1) is 74.8 Å². The van der Waals surface area contributed by atoms with E-state index < -0.39 is 29.6 Å². The van der Waals surface area contributed by atoms with Crippen molar-refractivity contribution >= 4 is 23.8 Å². The average molecular weight is 865 g/mol. The Hall–Kier alpha value is -6.89. The van der Waals surface area contributed by atoms with Crippen molar-refractivity contribution in [2.24, 2.45) is 11.8 Å². The molecule has 4 aromatic carbocycles. The number of carbonyl (C=O) groups excluding carboxylic acids is 4. The lowest BCUT2D eigenvalue weighted by atomic mass is 9.90. The first-order valence-electron chi connectivity index (χ1n) is 21.9. The van der Waals surface area contributed by atoms with Gasteiger partial charge in [0.25, 0.3) is 0 Å². The van der Waals surface area contributed by atoms with Crippen molar-refractivity contribution in [1.29, 1.82) is 0 Å². The van der Waals surface area contributed by atoms with Gasteiger partial charge in [0.2, 0.25) is 11.8 Å². The first kappa shape index (κ1) is 43.7. The molecule has 6 aromatic rings. The van der Waals surface area contributed by atoms with E-state index in [0.717, 1.165) is 41.6 Å². The number of esters is 2. The SMILES string of the molecule is COC(=O)C[C@H](C(=O)N1CCC[C@H]1c1ncc(-c2cc(F)c(-c3ccc(-c4cnc([C@@H]5CCCN5C(=O)[C@H](CC(=O)OC)c5ccccc5)[nH]4)cc3)c(-c3ccccc3)c2)[nH]1)C(C)C. The highest BCUT2D eigenvalue weighted by molar-refractivity contribution is 5.90. The predicted molar refractivity (Wildman–Crippen MR) is 241 cm³/mol. The molecule has 2 saturated heterocycles. The number of hydrogen-bond donors (Lipinski definition) is 2. The fourth-order valence-corrected chi connectivity index (χ4v) is 9.22. The van der Waals surface area contributed by atoms with E-state index in [1.54, 1.807) is 12.4 Å². The van der Waals surface area contributed by atoms with Crippen LogP contribution in [0, 0.1) is 17.7 Å². The molecular weight excluding hydrogens is 812 g/mol. The van der Waals surface area contributed by atoms with Crippen molar-refractivity contribution in [3.8, 4) is 44.8 Å². The summed E-state index contributed by atoms with van der Waals surface area (Å²) in [6, 6.07) is 29.5. The van der Waals surface area contributed by atoms with Crippen LogP contribution in [0.3, 0.4) is 0 Å². The molecule has 4 atom stereocenters. The molecule has 2 amide bonds. The molecule has 2 N–H and O–H groups in total. The van der Waals surface area contributed by atoms with Crippen molar-refractivity contribution in [2.45, 2.75) is 70.4 Å². The van der Waals surface area contributed by atoms with E-state index in [2.05, 4.69) is 9.97 Å². The first-order valence-corrected chi connectivity index (χ1v) is 21.9. The normalized spacial score (nSPS) is 17.1. The van der Waals surface area contributed by atoms with Crippen LogP contribution in [0.15, 0.2) is 109 Å². The van der Waals surface area contributed by atoms with Gasteiger partial charge in [-0.25, -0.2) is 14.4 Å². The maximum absolute atomic E-state index is 16.7. The molecule has 2 aliphatic heterocycles. The lowest BCUT2D eigenvalue weighted by Gasteiger charge is -2.29. The first-order chi connectivity index (χ1) is 31.0. The lowest BCUT2D eigenvalue weighted by molar-refractivity contribution is -0.148. The number of aromatic nitrogens is 4. The molecule has 2 aromatic heterocycles. The minimum atomic E-state index is -0.674. The molecule has 0 radical (unpaired) electrons. The zero-order valence-electron chi connectivity index (χ0n) is 36.6. The Bertz CT molecular complexity index is 2610. The number of halogens is 1. The second-order valence-electron chi connectivity index (χ2n) is 16.9. The van der Waals surface area contributed by atoms with Crippen LogP contribution in [-0.2, 0) is 28.7 Å². The Morgan fingerprint density at radius 2 is 1.20 bits per heavy atom. The third kappa shape index (κ3) is 9.11. The number of methoxy groups -OCH3 is 2. The summed E-state index contributed by atoms with van der Waals surface area (Å²) >= 11 is 0. The number of carbonyl (C=O) groups is 4. The Labute approximate surface area is 372 Å². The molecule has 0 aliphatic carbocycles. The molecule has 2 fully saturated rings. The number of likely N-dealkylation sites (tertiary alicyclic amines) is 2. The van der Waals surface area contributed by atoms with Gasteiger partial charge in [0.15, 0.2) is 0 Å².